The molecule has 0 bridgehead atoms. The van der Waals surface area contributed by atoms with Crippen molar-refractivity contribution in [2.75, 3.05) is 27.2 Å². The molecule has 1 aliphatic heterocycles. The Bertz CT molecular complexity index is 898. The average molecular weight is 388 g/mol. The van der Waals surface area contributed by atoms with Gasteiger partial charge in [-0.1, -0.05) is 36.4 Å². The molecule has 3 rings (SSSR count). The van der Waals surface area contributed by atoms with Crippen LogP contribution in [0.1, 0.15) is 22.3 Å². The van der Waals surface area contributed by atoms with E-state index < -0.39 is 10.0 Å². The second-order valence-electron chi connectivity index (χ2n) is 7.00. The fourth-order valence-corrected chi connectivity index (χ4v) is 4.16. The van der Waals surface area contributed by atoms with Gasteiger partial charge in [0.15, 0.2) is 0 Å². The Hall–Kier alpha value is -2.22. The Labute approximate surface area is 160 Å². The van der Waals surface area contributed by atoms with Gasteiger partial charge < -0.3 is 5.32 Å². The molecule has 2 aromatic carbocycles. The van der Waals surface area contributed by atoms with Gasteiger partial charge >= 0.3 is 0 Å². The molecule has 1 N–H and O–H groups in total. The molecule has 27 heavy (non-hydrogen) atoms. The van der Waals surface area contributed by atoms with Crippen LogP contribution in [0.4, 0.5) is 0 Å². The predicted octanol–water partition coefficient (Wildman–Crippen LogP) is 1.94. The lowest BCUT2D eigenvalue weighted by atomic mass is 10.2. The maximum Gasteiger partial charge on any atom is 0.251 e. The highest BCUT2D eigenvalue weighted by Gasteiger charge is 2.25. The molecule has 2 aromatic rings. The summed E-state index contributed by atoms with van der Waals surface area (Å²) in [6.45, 7) is 2.58. The van der Waals surface area contributed by atoms with Crippen LogP contribution in [0.3, 0.4) is 0 Å². The van der Waals surface area contributed by atoms with E-state index in [0.29, 0.717) is 5.56 Å². The number of nitrogens with zero attached hydrogens (tertiary/aromatic N) is 2. The normalized spacial score (nSPS) is 18.0. The smallest absolute Gasteiger partial charge is 0.251 e. The molecule has 1 saturated heterocycles. The molecule has 0 saturated carbocycles. The van der Waals surface area contributed by atoms with Gasteiger partial charge in [0.05, 0.1) is 4.90 Å². The summed E-state index contributed by atoms with van der Waals surface area (Å²) in [7, 11) is -0.610. The lowest BCUT2D eigenvalue weighted by Crippen LogP contribution is -2.37. The predicted molar refractivity (Wildman–Crippen MR) is 105 cm³/mol. The van der Waals surface area contributed by atoms with E-state index in [9.17, 15) is 13.2 Å². The third kappa shape index (κ3) is 4.74. The van der Waals surface area contributed by atoms with Gasteiger partial charge in [0.1, 0.15) is 0 Å². The molecule has 7 heteroatoms. The topological polar surface area (TPSA) is 69.7 Å². The van der Waals surface area contributed by atoms with Crippen LogP contribution in [0.15, 0.2) is 59.5 Å². The summed E-state index contributed by atoms with van der Waals surface area (Å²) in [6, 6.07) is 16.5. The van der Waals surface area contributed by atoms with Gasteiger partial charge in [-0.05, 0) is 30.2 Å². The number of sulfonamides is 1. The molecule has 1 heterocycles. The molecule has 1 atom stereocenters. The molecule has 0 unspecified atom stereocenters. The first kappa shape index (κ1) is 19.5. The van der Waals surface area contributed by atoms with E-state index in [4.69, 9.17) is 0 Å². The Morgan fingerprint density at radius 3 is 2.59 bits per heavy atom. The molecule has 6 nitrogen and oxygen atoms in total. The first-order chi connectivity index (χ1) is 12.9. The highest BCUT2D eigenvalue weighted by Crippen LogP contribution is 2.17. The van der Waals surface area contributed by atoms with E-state index in [-0.39, 0.29) is 16.8 Å². The van der Waals surface area contributed by atoms with Crippen LogP contribution in [-0.4, -0.2) is 56.8 Å². The van der Waals surface area contributed by atoms with E-state index in [2.05, 4.69) is 22.3 Å². The van der Waals surface area contributed by atoms with Crippen molar-refractivity contribution in [3.63, 3.8) is 0 Å². The van der Waals surface area contributed by atoms with Gasteiger partial charge in [-0.3, -0.25) is 9.69 Å². The van der Waals surface area contributed by atoms with Crippen molar-refractivity contribution in [2.24, 2.45) is 0 Å². The standard InChI is InChI=1S/C20H25N3O3S/c1-22(2)27(25,26)19-10-6-9-17(13-19)20(24)21-18-11-12-23(15-18)14-16-7-4-3-5-8-16/h3-10,13,18H,11-12,14-15H2,1-2H3,(H,21,24)/t18-/m0/s1. The maximum absolute atomic E-state index is 12.6. The van der Waals surface area contributed by atoms with Crippen LogP contribution in [0, 0.1) is 0 Å². The van der Waals surface area contributed by atoms with Crippen LogP contribution in [0.25, 0.3) is 0 Å². The van der Waals surface area contributed by atoms with Gasteiger partial charge in [-0.25, -0.2) is 12.7 Å². The summed E-state index contributed by atoms with van der Waals surface area (Å²) in [5, 5.41) is 3.03. The van der Waals surface area contributed by atoms with Gasteiger partial charge in [-0.2, -0.15) is 0 Å². The number of likely N-dealkylation sites (tertiary alicyclic amines) is 1. The Morgan fingerprint density at radius 2 is 1.89 bits per heavy atom. The number of carbonyl (C=O) groups excluding carboxylic acids is 1. The van der Waals surface area contributed by atoms with E-state index in [1.807, 2.05) is 18.2 Å². The second-order valence-corrected chi connectivity index (χ2v) is 9.15. The zero-order valence-corrected chi connectivity index (χ0v) is 16.4. The lowest BCUT2D eigenvalue weighted by Gasteiger charge is -2.17. The number of hydrogen-bond acceptors (Lipinski definition) is 4. The summed E-state index contributed by atoms with van der Waals surface area (Å²) in [4.78, 5) is 15.0. The third-order valence-corrected chi connectivity index (χ3v) is 6.54. The molecule has 1 amide bonds. The number of benzene rings is 2. The van der Waals surface area contributed by atoms with Crippen LogP contribution in [0.2, 0.25) is 0 Å². The number of nitrogens with one attached hydrogen (secondary N) is 1. The first-order valence-electron chi connectivity index (χ1n) is 8.96. The largest absolute Gasteiger partial charge is 0.348 e. The van der Waals surface area contributed by atoms with Crippen molar-refractivity contribution in [1.82, 2.24) is 14.5 Å². The van der Waals surface area contributed by atoms with Crippen molar-refractivity contribution >= 4 is 15.9 Å². The molecular formula is C20H25N3O3S. The molecule has 0 spiro atoms. The van der Waals surface area contributed by atoms with Gasteiger partial charge in [-0.15, -0.1) is 0 Å². The highest BCUT2D eigenvalue weighted by molar-refractivity contribution is 7.89. The molecule has 144 valence electrons. The summed E-state index contributed by atoms with van der Waals surface area (Å²) in [5.41, 5.74) is 1.62. The molecule has 1 fully saturated rings. The minimum atomic E-state index is -3.56. The van der Waals surface area contributed by atoms with Crippen molar-refractivity contribution in [3.8, 4) is 0 Å². The quantitative estimate of drug-likeness (QED) is 0.822. The SMILES string of the molecule is CN(C)S(=O)(=O)c1cccc(C(=O)N[C@H]2CCN(Cc3ccccc3)C2)c1. The minimum absolute atomic E-state index is 0.0651. The molecule has 0 aliphatic carbocycles. The third-order valence-electron chi connectivity index (χ3n) is 4.73. The van der Waals surface area contributed by atoms with Crippen LogP contribution in [0.5, 0.6) is 0 Å². The van der Waals surface area contributed by atoms with E-state index in [0.717, 1.165) is 30.4 Å². The van der Waals surface area contributed by atoms with E-state index in [1.54, 1.807) is 12.1 Å². The van der Waals surface area contributed by atoms with Crippen molar-refractivity contribution in [2.45, 2.75) is 23.9 Å². The molecular weight excluding hydrogens is 362 g/mol. The maximum atomic E-state index is 12.6. The number of amides is 1. The summed E-state index contributed by atoms with van der Waals surface area (Å²) in [6.07, 6.45) is 0.883. The number of hydrogen-bond donors (Lipinski definition) is 1. The highest BCUT2D eigenvalue weighted by atomic mass is 32.2. The number of rotatable bonds is 6. The summed E-state index contributed by atoms with van der Waals surface area (Å²) in [5.74, 6) is -0.239. The van der Waals surface area contributed by atoms with Gasteiger partial charge in [0, 0.05) is 45.3 Å². The first-order valence-corrected chi connectivity index (χ1v) is 10.4. The van der Waals surface area contributed by atoms with Gasteiger partial charge in [0.2, 0.25) is 10.0 Å². The fourth-order valence-electron chi connectivity index (χ4n) is 3.21. The van der Waals surface area contributed by atoms with Crippen LogP contribution in [-0.2, 0) is 16.6 Å². The van der Waals surface area contributed by atoms with Gasteiger partial charge in [0.25, 0.3) is 5.91 Å². The Kier molecular flexibility index (Phi) is 5.94. The fraction of sp³-hybridized carbons (Fsp3) is 0.350. The average Bonchev–Trinajstić information content (AvgIpc) is 3.09. The monoisotopic (exact) mass is 387 g/mol. The summed E-state index contributed by atoms with van der Waals surface area (Å²) < 4.78 is 25.7. The Balaban J connectivity index is 1.61. The number of carbonyl (C=O) groups is 1. The molecule has 0 radical (unpaired) electrons. The molecule has 0 aromatic heterocycles. The lowest BCUT2D eigenvalue weighted by molar-refractivity contribution is 0.0937. The van der Waals surface area contributed by atoms with Crippen LogP contribution >= 0.6 is 0 Å². The Morgan fingerprint density at radius 1 is 1.15 bits per heavy atom. The van der Waals surface area contributed by atoms with E-state index in [1.165, 1.54) is 31.8 Å². The minimum Gasteiger partial charge on any atom is -0.348 e. The zero-order valence-electron chi connectivity index (χ0n) is 15.6. The second kappa shape index (κ2) is 8.21. The van der Waals surface area contributed by atoms with Crippen molar-refractivity contribution < 1.29 is 13.2 Å². The van der Waals surface area contributed by atoms with Crippen LogP contribution < -0.4 is 5.32 Å². The molecule has 1 aliphatic rings. The zero-order chi connectivity index (χ0) is 19.4. The van der Waals surface area contributed by atoms with Crippen molar-refractivity contribution in [3.05, 3.63) is 65.7 Å². The van der Waals surface area contributed by atoms with E-state index >= 15 is 0 Å². The summed E-state index contributed by atoms with van der Waals surface area (Å²) >= 11 is 0. The van der Waals surface area contributed by atoms with Crippen molar-refractivity contribution in [1.29, 1.82) is 0 Å².